The van der Waals surface area contributed by atoms with Gasteiger partial charge in [-0.25, -0.2) is 22.2 Å². The molecule has 1 aliphatic heterocycles. The number of pyridine rings is 1. The minimum Gasteiger partial charge on any atom is -0.354 e. The van der Waals surface area contributed by atoms with Gasteiger partial charge in [-0.05, 0) is 72.5 Å². The molecule has 2 aliphatic rings. The molecule has 0 unspecified atom stereocenters. The number of nitrogens with one attached hydrogen (secondary N) is 3. The van der Waals surface area contributed by atoms with Crippen LogP contribution in [-0.2, 0) is 29.3 Å². The molecule has 2 aromatic heterocycles. The summed E-state index contributed by atoms with van der Waals surface area (Å²) in [4.78, 5) is 20.7. The van der Waals surface area contributed by atoms with Crippen LogP contribution in [0.15, 0.2) is 76.7 Å². The zero-order chi connectivity index (χ0) is 30.7. The molecule has 0 atom stereocenters. The summed E-state index contributed by atoms with van der Waals surface area (Å²) in [7, 11) is -3.98. The number of fused-ring (bicyclic) bond motifs is 1. The molecule has 1 spiro atoms. The fourth-order valence-electron chi connectivity index (χ4n) is 6.34. The maximum atomic E-state index is 13.7. The summed E-state index contributed by atoms with van der Waals surface area (Å²) in [5.74, 6) is -2.24. The van der Waals surface area contributed by atoms with Gasteiger partial charge >= 0.3 is 0 Å². The number of carbonyl (C=O) groups is 1. The number of aromatic amines is 1. The molecule has 0 saturated heterocycles. The van der Waals surface area contributed by atoms with Gasteiger partial charge in [-0.2, -0.15) is 0 Å². The van der Waals surface area contributed by atoms with Crippen LogP contribution in [0.25, 0.3) is 11.3 Å². The van der Waals surface area contributed by atoms with E-state index in [1.165, 1.54) is 74.9 Å². The molecule has 1 fully saturated rings. The molecule has 7 nitrogen and oxygen atoms in total. The lowest BCUT2D eigenvalue weighted by atomic mass is 9.80. The maximum Gasteiger partial charge on any atom is 0.267 e. The standard InChI is InChI=1S/C34H36F2N4O3S/c35-27-15-12-24(18-28(27)36)29-8-7-9-32(40-29)44(42,43)26-13-10-23(11-14-26)21-37-33(41)30-19-25-22-38-34(20-31(25)39-30)16-5-3-1-2-4-6-17-34/h7-15,18-19,38-39H,1-6,16-17,20-22H2,(H,37,41). The Hall–Kier alpha value is -3.89. The first-order chi connectivity index (χ1) is 21.2. The van der Waals surface area contributed by atoms with Crippen molar-refractivity contribution in [3.8, 4) is 11.3 Å². The van der Waals surface area contributed by atoms with Crippen LogP contribution in [0.1, 0.15) is 78.7 Å². The molecule has 3 N–H and O–H groups in total. The third-order valence-corrected chi connectivity index (χ3v) is 10.5. The molecule has 4 aromatic rings. The first-order valence-electron chi connectivity index (χ1n) is 15.2. The number of halogens is 2. The van der Waals surface area contributed by atoms with E-state index in [4.69, 9.17) is 0 Å². The van der Waals surface area contributed by atoms with Crippen molar-refractivity contribution in [1.82, 2.24) is 20.6 Å². The molecule has 1 aliphatic carbocycles. The van der Waals surface area contributed by atoms with Gasteiger partial charge in [-0.3, -0.25) is 4.79 Å². The highest BCUT2D eigenvalue weighted by Crippen LogP contribution is 2.33. The highest BCUT2D eigenvalue weighted by atomic mass is 32.2. The van der Waals surface area contributed by atoms with Crippen LogP contribution in [-0.4, -0.2) is 29.8 Å². The summed E-state index contributed by atoms with van der Waals surface area (Å²) in [6.07, 6.45) is 10.9. The normalized spacial score (nSPS) is 16.9. The SMILES string of the molecule is O=C(NCc1ccc(S(=O)(=O)c2cccc(-c3ccc(F)c(F)c3)n2)cc1)c1cc2c([nH]1)CC1(CCCCCCCC1)NC2. The van der Waals surface area contributed by atoms with Crippen molar-refractivity contribution in [2.75, 3.05) is 0 Å². The largest absolute Gasteiger partial charge is 0.354 e. The van der Waals surface area contributed by atoms with E-state index in [9.17, 15) is 22.0 Å². The molecule has 1 amide bonds. The van der Waals surface area contributed by atoms with Crippen molar-refractivity contribution in [3.63, 3.8) is 0 Å². The first kappa shape index (κ1) is 30.1. The van der Waals surface area contributed by atoms with Crippen molar-refractivity contribution in [2.24, 2.45) is 0 Å². The van der Waals surface area contributed by atoms with Crippen molar-refractivity contribution in [3.05, 3.63) is 101 Å². The summed E-state index contributed by atoms with van der Waals surface area (Å²) in [5, 5.41) is 6.54. The number of nitrogens with zero attached hydrogens (tertiary/aromatic N) is 1. The third kappa shape index (κ3) is 6.46. The Bertz CT molecular complexity index is 1760. The van der Waals surface area contributed by atoms with Crippen LogP contribution >= 0.6 is 0 Å². The van der Waals surface area contributed by atoms with E-state index in [0.717, 1.165) is 54.8 Å². The fraction of sp³-hybridized carbons (Fsp3) is 0.353. The lowest BCUT2D eigenvalue weighted by Crippen LogP contribution is -2.49. The van der Waals surface area contributed by atoms with Gasteiger partial charge in [0.05, 0.1) is 10.6 Å². The van der Waals surface area contributed by atoms with Crippen molar-refractivity contribution in [1.29, 1.82) is 0 Å². The highest BCUT2D eigenvalue weighted by Gasteiger charge is 2.35. The molecule has 10 heteroatoms. The van der Waals surface area contributed by atoms with Gasteiger partial charge in [-0.15, -0.1) is 0 Å². The Morgan fingerprint density at radius 2 is 1.61 bits per heavy atom. The van der Waals surface area contributed by atoms with E-state index in [0.29, 0.717) is 5.69 Å². The number of sulfone groups is 1. The molecular weight excluding hydrogens is 582 g/mol. The Balaban J connectivity index is 1.10. The van der Waals surface area contributed by atoms with Gasteiger partial charge in [-0.1, -0.05) is 56.7 Å². The predicted octanol–water partition coefficient (Wildman–Crippen LogP) is 6.64. The number of carbonyl (C=O) groups excluding carboxylic acids is 1. The second-order valence-corrected chi connectivity index (χ2v) is 13.8. The smallest absolute Gasteiger partial charge is 0.267 e. The Morgan fingerprint density at radius 3 is 2.34 bits per heavy atom. The Morgan fingerprint density at radius 1 is 0.886 bits per heavy atom. The highest BCUT2D eigenvalue weighted by molar-refractivity contribution is 7.91. The monoisotopic (exact) mass is 618 g/mol. The first-order valence-corrected chi connectivity index (χ1v) is 16.7. The molecule has 3 heterocycles. The fourth-order valence-corrected chi connectivity index (χ4v) is 7.55. The van der Waals surface area contributed by atoms with Gasteiger partial charge in [0.15, 0.2) is 16.7 Å². The van der Waals surface area contributed by atoms with Gasteiger partial charge in [0.25, 0.3) is 5.91 Å². The van der Waals surface area contributed by atoms with E-state index in [1.807, 2.05) is 6.07 Å². The molecule has 230 valence electrons. The number of rotatable bonds is 6. The number of aromatic nitrogens is 2. The zero-order valence-electron chi connectivity index (χ0n) is 24.5. The second kappa shape index (κ2) is 12.6. The minimum absolute atomic E-state index is 0.0332. The van der Waals surface area contributed by atoms with Gasteiger partial charge in [0, 0.05) is 36.3 Å². The number of hydrogen-bond donors (Lipinski definition) is 3. The average Bonchev–Trinajstić information content (AvgIpc) is 3.50. The van der Waals surface area contributed by atoms with E-state index in [1.54, 1.807) is 12.1 Å². The zero-order valence-corrected chi connectivity index (χ0v) is 25.3. The number of hydrogen-bond acceptors (Lipinski definition) is 5. The van der Waals surface area contributed by atoms with Gasteiger partial charge < -0.3 is 15.6 Å². The lowest BCUT2D eigenvalue weighted by molar-refractivity contribution is 0.0946. The summed E-state index contributed by atoms with van der Waals surface area (Å²) >= 11 is 0. The van der Waals surface area contributed by atoms with Crippen LogP contribution in [0.2, 0.25) is 0 Å². The molecule has 2 aromatic carbocycles. The molecule has 6 rings (SSSR count). The Kier molecular flexibility index (Phi) is 8.64. The van der Waals surface area contributed by atoms with Crippen molar-refractivity contribution < 1.29 is 22.0 Å². The summed E-state index contributed by atoms with van der Waals surface area (Å²) < 4.78 is 53.6. The number of benzene rings is 2. The average molecular weight is 619 g/mol. The summed E-state index contributed by atoms with van der Waals surface area (Å²) in [6.45, 7) is 0.989. The minimum atomic E-state index is -3.98. The van der Waals surface area contributed by atoms with Crippen molar-refractivity contribution in [2.45, 2.75) is 86.3 Å². The van der Waals surface area contributed by atoms with E-state index in [-0.39, 0.29) is 39.2 Å². The third-order valence-electron chi connectivity index (χ3n) is 8.87. The van der Waals surface area contributed by atoms with E-state index >= 15 is 0 Å². The van der Waals surface area contributed by atoms with Gasteiger partial charge in [0.1, 0.15) is 5.69 Å². The summed E-state index contributed by atoms with van der Waals surface area (Å²) in [6, 6.07) is 15.9. The topological polar surface area (TPSA) is 104 Å². The Labute approximate surface area is 256 Å². The van der Waals surface area contributed by atoms with E-state index in [2.05, 4.69) is 20.6 Å². The van der Waals surface area contributed by atoms with Crippen molar-refractivity contribution >= 4 is 15.7 Å². The molecule has 0 bridgehead atoms. The quantitative estimate of drug-likeness (QED) is 0.225. The molecule has 44 heavy (non-hydrogen) atoms. The maximum absolute atomic E-state index is 13.7. The summed E-state index contributed by atoms with van der Waals surface area (Å²) in [5.41, 5.74) is 4.13. The van der Waals surface area contributed by atoms with Crippen LogP contribution in [0.4, 0.5) is 8.78 Å². The van der Waals surface area contributed by atoms with Gasteiger partial charge in [0.2, 0.25) is 9.84 Å². The van der Waals surface area contributed by atoms with Crippen LogP contribution < -0.4 is 10.6 Å². The molecule has 1 saturated carbocycles. The molecular formula is C34H36F2N4O3S. The van der Waals surface area contributed by atoms with Crippen LogP contribution in [0.5, 0.6) is 0 Å². The van der Waals surface area contributed by atoms with E-state index < -0.39 is 21.5 Å². The number of amides is 1. The van der Waals surface area contributed by atoms with Crippen LogP contribution in [0.3, 0.4) is 0 Å². The van der Waals surface area contributed by atoms with Crippen LogP contribution in [0, 0.1) is 11.6 Å². The second-order valence-electron chi connectivity index (χ2n) is 11.9. The number of H-pyrrole nitrogens is 1. The lowest BCUT2D eigenvalue weighted by Gasteiger charge is -2.38. The molecule has 0 radical (unpaired) electrons. The predicted molar refractivity (Wildman–Crippen MR) is 164 cm³/mol.